The highest BCUT2D eigenvalue weighted by atomic mass is 35.5. The van der Waals surface area contributed by atoms with Crippen molar-refractivity contribution in [1.82, 2.24) is 0 Å². The summed E-state index contributed by atoms with van der Waals surface area (Å²) in [5.74, 6) is -1.07. The van der Waals surface area contributed by atoms with Gasteiger partial charge in [0.25, 0.3) is 0 Å². The fraction of sp³-hybridized carbons (Fsp3) is 0.444. The normalized spacial score (nSPS) is 12.0. The molecule has 0 heterocycles. The molecule has 3 aromatic carbocycles. The van der Waals surface area contributed by atoms with Crippen LogP contribution < -0.4 is 9.47 Å². The second-order valence-electron chi connectivity index (χ2n) is 10.9. The monoisotopic (exact) mass is 662 g/mol. The third-order valence-electron chi connectivity index (χ3n) is 7.27. The molecule has 0 saturated carbocycles. The summed E-state index contributed by atoms with van der Waals surface area (Å²) in [5.41, 5.74) is 1.85. The van der Waals surface area contributed by atoms with Crippen LogP contribution in [0.3, 0.4) is 0 Å². The minimum absolute atomic E-state index is 0.0202. The predicted octanol–water partition coefficient (Wildman–Crippen LogP) is 10.3. The lowest BCUT2D eigenvalue weighted by Crippen LogP contribution is -2.34. The molecule has 0 aliphatic carbocycles. The highest BCUT2D eigenvalue weighted by Crippen LogP contribution is 2.30. The summed E-state index contributed by atoms with van der Waals surface area (Å²) in [6.45, 7) is 5.13. The maximum atomic E-state index is 13.4. The van der Waals surface area contributed by atoms with Crippen molar-refractivity contribution < 1.29 is 41.7 Å². The molecule has 1 atom stereocenters. The van der Waals surface area contributed by atoms with Gasteiger partial charge >= 0.3 is 18.1 Å². The molecule has 6 nitrogen and oxygen atoms in total. The maximum absolute atomic E-state index is 13.4. The molecule has 0 N–H and O–H groups in total. The Balaban J connectivity index is 1.51. The molecule has 3 rings (SSSR count). The quantitative estimate of drug-likeness (QED) is 0.0723. The van der Waals surface area contributed by atoms with Crippen LogP contribution in [0.25, 0.3) is 11.1 Å². The van der Waals surface area contributed by atoms with Crippen LogP contribution in [0.5, 0.6) is 11.5 Å². The van der Waals surface area contributed by atoms with E-state index in [1.807, 2.05) is 24.3 Å². The Morgan fingerprint density at radius 2 is 1.35 bits per heavy atom. The minimum atomic E-state index is -4.75. The number of esters is 2. The van der Waals surface area contributed by atoms with E-state index in [0.717, 1.165) is 29.4 Å². The van der Waals surface area contributed by atoms with E-state index >= 15 is 0 Å². The van der Waals surface area contributed by atoms with Crippen molar-refractivity contribution in [2.24, 2.45) is 0 Å². The summed E-state index contributed by atoms with van der Waals surface area (Å²) < 4.78 is 61.2. The fourth-order valence-electron chi connectivity index (χ4n) is 4.68. The van der Waals surface area contributed by atoms with Gasteiger partial charge in [-0.25, -0.2) is 9.59 Å². The molecule has 0 aliphatic heterocycles. The Morgan fingerprint density at radius 1 is 0.739 bits per heavy atom. The molecule has 0 spiro atoms. The molecule has 0 saturated heterocycles. The van der Waals surface area contributed by atoms with Crippen LogP contribution in [0.4, 0.5) is 13.2 Å². The van der Waals surface area contributed by atoms with E-state index in [0.29, 0.717) is 13.2 Å². The van der Waals surface area contributed by atoms with Gasteiger partial charge in [0.15, 0.2) is 6.10 Å². The maximum Gasteiger partial charge on any atom is 0.425 e. The molecule has 46 heavy (non-hydrogen) atoms. The number of ether oxygens (including phenoxy) is 4. The molecule has 0 aromatic heterocycles. The average Bonchev–Trinajstić information content (AvgIpc) is 3.03. The zero-order valence-corrected chi connectivity index (χ0v) is 27.1. The van der Waals surface area contributed by atoms with Gasteiger partial charge in [-0.05, 0) is 73.7 Å². The van der Waals surface area contributed by atoms with Gasteiger partial charge < -0.3 is 18.9 Å². The number of unbranched alkanes of at least 4 members (excludes halogenated alkanes) is 6. The summed E-state index contributed by atoms with van der Waals surface area (Å²) in [7, 11) is 0. The Labute approximate surface area is 274 Å². The van der Waals surface area contributed by atoms with Gasteiger partial charge in [0.1, 0.15) is 11.5 Å². The number of carbonyl (C=O) groups is 2. The van der Waals surface area contributed by atoms with E-state index in [9.17, 15) is 22.8 Å². The van der Waals surface area contributed by atoms with Crippen molar-refractivity contribution in [3.05, 3.63) is 82.9 Å². The number of rotatable bonds is 19. The van der Waals surface area contributed by atoms with E-state index in [1.165, 1.54) is 50.7 Å². The lowest BCUT2D eigenvalue weighted by molar-refractivity contribution is -0.206. The molecule has 10 heteroatoms. The Morgan fingerprint density at radius 3 is 1.96 bits per heavy atom. The lowest BCUT2D eigenvalue weighted by atomic mass is 10.0. The molecule has 0 aliphatic rings. The first kappa shape index (κ1) is 36.9. The largest absolute Gasteiger partial charge is 0.494 e. The predicted molar refractivity (Wildman–Crippen MR) is 173 cm³/mol. The molecule has 1 unspecified atom stereocenters. The fourth-order valence-corrected chi connectivity index (χ4v) is 4.93. The van der Waals surface area contributed by atoms with Crippen molar-refractivity contribution in [2.75, 3.05) is 19.8 Å². The van der Waals surface area contributed by atoms with Crippen LogP contribution in [-0.4, -0.2) is 44.0 Å². The first-order chi connectivity index (χ1) is 22.1. The molecule has 0 fully saturated rings. The van der Waals surface area contributed by atoms with Crippen molar-refractivity contribution >= 4 is 23.5 Å². The third kappa shape index (κ3) is 12.3. The minimum Gasteiger partial charge on any atom is -0.494 e. The topological polar surface area (TPSA) is 71.1 Å². The number of carbonyl (C=O) groups excluding carboxylic acids is 2. The molecule has 0 radical (unpaired) electrons. The van der Waals surface area contributed by atoms with E-state index in [1.54, 1.807) is 31.2 Å². The first-order valence-electron chi connectivity index (χ1n) is 15.8. The van der Waals surface area contributed by atoms with Crippen LogP contribution in [0.1, 0.15) is 92.4 Å². The third-order valence-corrected chi connectivity index (χ3v) is 7.58. The first-order valence-corrected chi connectivity index (χ1v) is 16.2. The lowest BCUT2D eigenvalue weighted by Gasteiger charge is -2.21. The summed E-state index contributed by atoms with van der Waals surface area (Å²) >= 11 is 6.16. The van der Waals surface area contributed by atoms with Crippen LogP contribution in [0, 0.1) is 0 Å². The van der Waals surface area contributed by atoms with Crippen LogP contribution in [0.2, 0.25) is 5.02 Å². The van der Waals surface area contributed by atoms with E-state index < -0.39 is 30.6 Å². The van der Waals surface area contributed by atoms with Gasteiger partial charge in [-0.3, -0.25) is 0 Å². The van der Waals surface area contributed by atoms with E-state index in [4.69, 9.17) is 30.5 Å². The molecule has 3 aromatic rings. The Bertz CT molecular complexity index is 1360. The van der Waals surface area contributed by atoms with Gasteiger partial charge in [0.05, 0.1) is 22.8 Å². The summed E-state index contributed by atoms with van der Waals surface area (Å²) in [4.78, 5) is 25.2. The smallest absolute Gasteiger partial charge is 0.425 e. The van der Waals surface area contributed by atoms with Crippen LogP contribution >= 0.6 is 11.6 Å². The number of hydrogen-bond acceptors (Lipinski definition) is 6. The van der Waals surface area contributed by atoms with Gasteiger partial charge in [0.2, 0.25) is 0 Å². The van der Waals surface area contributed by atoms with Gasteiger partial charge in [-0.1, -0.05) is 81.3 Å². The standard InChI is InChI=1S/C36H42ClF3O6/c1-3-5-6-7-8-9-10-24-44-29-19-17-27(18-20-29)26-13-15-28(16-14-26)34(41)45-30-21-22-31(32(37)25-30)35(42)46-33(36(38,39)40)12-11-23-43-4-2/h13-22,25,33H,3-12,23-24H2,1-2H3. The molecular weight excluding hydrogens is 621 g/mol. The van der Waals surface area contributed by atoms with Crippen molar-refractivity contribution in [3.8, 4) is 22.6 Å². The zero-order valence-electron chi connectivity index (χ0n) is 26.4. The molecular formula is C36H42ClF3O6. The number of benzene rings is 3. The number of hydrogen-bond donors (Lipinski definition) is 0. The average molecular weight is 663 g/mol. The summed E-state index contributed by atoms with van der Waals surface area (Å²) in [6.07, 6.45) is 1.17. The summed E-state index contributed by atoms with van der Waals surface area (Å²) in [6, 6.07) is 18.2. The molecule has 0 amide bonds. The van der Waals surface area contributed by atoms with Gasteiger partial charge in [-0.2, -0.15) is 13.2 Å². The highest BCUT2D eigenvalue weighted by Gasteiger charge is 2.42. The SMILES string of the molecule is CCCCCCCCCOc1ccc(-c2ccc(C(=O)Oc3ccc(C(=O)OC(CCCOCC)C(F)(F)F)c(Cl)c3)cc2)cc1. The van der Waals surface area contributed by atoms with E-state index in [-0.39, 0.29) is 34.9 Å². The van der Waals surface area contributed by atoms with E-state index in [2.05, 4.69) is 6.92 Å². The van der Waals surface area contributed by atoms with Crippen LogP contribution in [-0.2, 0) is 9.47 Å². The van der Waals surface area contributed by atoms with Crippen molar-refractivity contribution in [1.29, 1.82) is 0 Å². The van der Waals surface area contributed by atoms with Gasteiger partial charge in [-0.15, -0.1) is 0 Å². The second kappa shape index (κ2) is 19.2. The Kier molecular flexibility index (Phi) is 15.4. The highest BCUT2D eigenvalue weighted by molar-refractivity contribution is 6.33. The van der Waals surface area contributed by atoms with Crippen molar-refractivity contribution in [2.45, 2.75) is 83.9 Å². The Hall–Kier alpha value is -3.56. The van der Waals surface area contributed by atoms with Gasteiger partial charge in [0, 0.05) is 19.3 Å². The second-order valence-corrected chi connectivity index (χ2v) is 11.3. The number of alkyl halides is 3. The van der Waals surface area contributed by atoms with Crippen molar-refractivity contribution in [3.63, 3.8) is 0 Å². The molecule has 250 valence electrons. The zero-order chi connectivity index (χ0) is 33.4. The number of halogens is 4. The molecule has 0 bridgehead atoms. The van der Waals surface area contributed by atoms with Crippen LogP contribution in [0.15, 0.2) is 66.7 Å². The summed E-state index contributed by atoms with van der Waals surface area (Å²) in [5, 5.41) is -0.212.